The predicted molar refractivity (Wildman–Crippen MR) is 92.3 cm³/mol. The summed E-state index contributed by atoms with van der Waals surface area (Å²) in [5.41, 5.74) is 1.17. The van der Waals surface area contributed by atoms with E-state index in [0.29, 0.717) is 5.25 Å². The van der Waals surface area contributed by atoms with E-state index in [1.165, 1.54) is 36.3 Å². The summed E-state index contributed by atoms with van der Waals surface area (Å²) in [6.45, 7) is 11.0. The number of anilines is 1. The molecule has 1 N–H and O–H groups in total. The summed E-state index contributed by atoms with van der Waals surface area (Å²) < 4.78 is 0. The van der Waals surface area contributed by atoms with Crippen molar-refractivity contribution in [3.8, 4) is 0 Å². The summed E-state index contributed by atoms with van der Waals surface area (Å²) in [6, 6.07) is 0. The van der Waals surface area contributed by atoms with E-state index in [1.54, 1.807) is 0 Å². The van der Waals surface area contributed by atoms with E-state index >= 15 is 0 Å². The lowest BCUT2D eigenvalue weighted by atomic mass is 9.91. The molecule has 1 aliphatic carbocycles. The molecule has 1 aromatic rings. The van der Waals surface area contributed by atoms with Gasteiger partial charge < -0.3 is 5.32 Å². The first-order valence-electron chi connectivity index (χ1n) is 8.04. The molecule has 1 fully saturated rings. The lowest BCUT2D eigenvalue weighted by molar-refractivity contribution is 0.394. The monoisotopic (exact) mass is 307 g/mol. The molecule has 0 spiro atoms. The van der Waals surface area contributed by atoms with Gasteiger partial charge in [-0.15, -0.1) is 11.8 Å². The van der Waals surface area contributed by atoms with Crippen molar-refractivity contribution >= 4 is 17.6 Å². The highest BCUT2D eigenvalue weighted by Crippen LogP contribution is 2.38. The van der Waals surface area contributed by atoms with Gasteiger partial charge in [0.2, 0.25) is 0 Å². The molecule has 2 rings (SSSR count). The van der Waals surface area contributed by atoms with Gasteiger partial charge >= 0.3 is 0 Å². The molecule has 0 bridgehead atoms. The fraction of sp³-hybridized carbons (Fsp3) is 0.765. The molecule has 1 saturated carbocycles. The largest absolute Gasteiger partial charge is 0.373 e. The maximum atomic E-state index is 4.88. The Kier molecular flexibility index (Phi) is 5.18. The van der Waals surface area contributed by atoms with Crippen LogP contribution in [0.4, 0.5) is 5.82 Å². The minimum Gasteiger partial charge on any atom is -0.373 e. The van der Waals surface area contributed by atoms with Gasteiger partial charge in [0.1, 0.15) is 16.7 Å². The topological polar surface area (TPSA) is 37.8 Å². The molecular formula is C17H29N3S. The molecule has 2 atom stereocenters. The Morgan fingerprint density at radius 2 is 1.90 bits per heavy atom. The highest BCUT2D eigenvalue weighted by Gasteiger charge is 2.25. The van der Waals surface area contributed by atoms with Gasteiger partial charge in [0, 0.05) is 23.3 Å². The highest BCUT2D eigenvalue weighted by atomic mass is 32.2. The average Bonchev–Trinajstić information content (AvgIpc) is 2.40. The van der Waals surface area contributed by atoms with Crippen molar-refractivity contribution in [2.45, 2.75) is 76.0 Å². The van der Waals surface area contributed by atoms with Crippen molar-refractivity contribution in [2.75, 3.05) is 12.4 Å². The molecule has 1 heterocycles. The molecule has 0 amide bonds. The quantitative estimate of drug-likeness (QED) is 0.814. The van der Waals surface area contributed by atoms with E-state index in [0.717, 1.165) is 17.6 Å². The number of hydrogen-bond donors (Lipinski definition) is 1. The van der Waals surface area contributed by atoms with Gasteiger partial charge in [0.25, 0.3) is 0 Å². The van der Waals surface area contributed by atoms with Crippen LogP contribution in [0.3, 0.4) is 0 Å². The van der Waals surface area contributed by atoms with Gasteiger partial charge in [-0.2, -0.15) is 0 Å². The smallest absolute Gasteiger partial charge is 0.137 e. The minimum atomic E-state index is -0.0194. The minimum absolute atomic E-state index is 0.0194. The fourth-order valence-corrected chi connectivity index (χ4v) is 4.27. The third-order valence-electron chi connectivity index (χ3n) is 4.18. The van der Waals surface area contributed by atoms with E-state index in [4.69, 9.17) is 9.97 Å². The number of nitrogens with one attached hydrogen (secondary N) is 1. The van der Waals surface area contributed by atoms with Crippen molar-refractivity contribution in [3.63, 3.8) is 0 Å². The first-order chi connectivity index (χ1) is 9.81. The zero-order chi connectivity index (χ0) is 15.6. The van der Waals surface area contributed by atoms with Crippen LogP contribution in [-0.4, -0.2) is 22.3 Å². The number of thioether (sulfide) groups is 1. The lowest BCUT2D eigenvalue weighted by Crippen LogP contribution is -2.20. The van der Waals surface area contributed by atoms with Gasteiger partial charge in [0.15, 0.2) is 0 Å². The third-order valence-corrected chi connectivity index (χ3v) is 5.56. The van der Waals surface area contributed by atoms with Gasteiger partial charge in [-0.3, -0.25) is 0 Å². The molecule has 1 aromatic heterocycles. The van der Waals surface area contributed by atoms with Crippen molar-refractivity contribution in [1.82, 2.24) is 9.97 Å². The average molecular weight is 308 g/mol. The molecule has 3 nitrogen and oxygen atoms in total. The lowest BCUT2D eigenvalue weighted by Gasteiger charge is -2.27. The molecule has 0 aliphatic heterocycles. The Labute approximate surface area is 133 Å². The summed E-state index contributed by atoms with van der Waals surface area (Å²) in [5.74, 6) is 2.76. The summed E-state index contributed by atoms with van der Waals surface area (Å²) in [5, 5.41) is 5.10. The van der Waals surface area contributed by atoms with E-state index in [-0.39, 0.29) is 5.41 Å². The molecule has 2 unspecified atom stereocenters. The van der Waals surface area contributed by atoms with E-state index in [9.17, 15) is 0 Å². The second-order valence-corrected chi connectivity index (χ2v) is 8.63. The first-order valence-corrected chi connectivity index (χ1v) is 8.92. The SMILES string of the molecule is CNc1nc(C(C)(C)C)nc(SC2CCCC(C)C2)c1C. The second-order valence-electron chi connectivity index (χ2n) is 7.34. The third kappa shape index (κ3) is 4.12. The van der Waals surface area contributed by atoms with Gasteiger partial charge in [0.05, 0.1) is 0 Å². The molecule has 1 aliphatic rings. The van der Waals surface area contributed by atoms with E-state index in [2.05, 4.69) is 39.9 Å². The maximum Gasteiger partial charge on any atom is 0.137 e. The highest BCUT2D eigenvalue weighted by molar-refractivity contribution is 7.99. The molecule has 118 valence electrons. The van der Waals surface area contributed by atoms with Crippen LogP contribution in [0.1, 0.15) is 64.8 Å². The Balaban J connectivity index is 2.29. The zero-order valence-electron chi connectivity index (χ0n) is 14.3. The summed E-state index contributed by atoms with van der Waals surface area (Å²) in [4.78, 5) is 9.58. The number of nitrogens with zero attached hydrogens (tertiary/aromatic N) is 2. The first kappa shape index (κ1) is 16.6. The molecular weight excluding hydrogens is 278 g/mol. The summed E-state index contributed by atoms with van der Waals surface area (Å²) in [7, 11) is 1.94. The fourth-order valence-electron chi connectivity index (χ4n) is 2.83. The van der Waals surface area contributed by atoms with Crippen molar-refractivity contribution in [2.24, 2.45) is 5.92 Å². The Morgan fingerprint density at radius 1 is 1.19 bits per heavy atom. The Morgan fingerprint density at radius 3 is 2.48 bits per heavy atom. The second kappa shape index (κ2) is 6.55. The Hall–Kier alpha value is -0.770. The number of aromatic nitrogens is 2. The van der Waals surface area contributed by atoms with Crippen LogP contribution in [0, 0.1) is 12.8 Å². The number of rotatable bonds is 3. The maximum absolute atomic E-state index is 4.88. The number of hydrogen-bond acceptors (Lipinski definition) is 4. The molecule has 4 heteroatoms. The van der Waals surface area contributed by atoms with Crippen LogP contribution in [0.5, 0.6) is 0 Å². The van der Waals surface area contributed by atoms with Crippen molar-refractivity contribution in [3.05, 3.63) is 11.4 Å². The predicted octanol–water partition coefficient (Wildman–Crippen LogP) is 4.80. The summed E-state index contributed by atoms with van der Waals surface area (Å²) >= 11 is 1.96. The zero-order valence-corrected chi connectivity index (χ0v) is 15.1. The normalized spacial score (nSPS) is 23.1. The van der Waals surface area contributed by atoms with Crippen LogP contribution in [0.25, 0.3) is 0 Å². The van der Waals surface area contributed by atoms with Crippen LogP contribution in [0.2, 0.25) is 0 Å². The van der Waals surface area contributed by atoms with Crippen LogP contribution in [-0.2, 0) is 5.41 Å². The van der Waals surface area contributed by atoms with Crippen LogP contribution in [0.15, 0.2) is 5.03 Å². The Bertz CT molecular complexity index is 494. The molecule has 0 aromatic carbocycles. The van der Waals surface area contributed by atoms with Gasteiger partial charge in [-0.1, -0.05) is 40.5 Å². The van der Waals surface area contributed by atoms with Crippen molar-refractivity contribution in [1.29, 1.82) is 0 Å². The van der Waals surface area contributed by atoms with Crippen LogP contribution >= 0.6 is 11.8 Å². The van der Waals surface area contributed by atoms with Crippen LogP contribution < -0.4 is 5.32 Å². The van der Waals surface area contributed by atoms with Gasteiger partial charge in [-0.05, 0) is 25.7 Å². The standard InChI is InChI=1S/C17H29N3S/c1-11-8-7-9-13(10-11)21-15-12(2)14(18-6)19-16(20-15)17(3,4)5/h11,13H,7-10H2,1-6H3,(H,18,19,20). The molecule has 0 saturated heterocycles. The summed E-state index contributed by atoms with van der Waals surface area (Å²) in [6.07, 6.45) is 5.37. The van der Waals surface area contributed by atoms with Gasteiger partial charge in [-0.25, -0.2) is 9.97 Å². The van der Waals surface area contributed by atoms with Crippen molar-refractivity contribution < 1.29 is 0 Å². The molecule has 21 heavy (non-hydrogen) atoms. The molecule has 0 radical (unpaired) electrons. The van der Waals surface area contributed by atoms with E-state index < -0.39 is 0 Å². The van der Waals surface area contributed by atoms with E-state index in [1.807, 2.05) is 18.8 Å².